The molecule has 0 bridgehead atoms. The molecule has 0 radical (unpaired) electrons. The van der Waals surface area contributed by atoms with Gasteiger partial charge in [0.05, 0.1) is 0 Å². The number of carbonyl (C=O) groups is 1. The van der Waals surface area contributed by atoms with Gasteiger partial charge in [0.2, 0.25) is 5.91 Å². The summed E-state index contributed by atoms with van der Waals surface area (Å²) in [7, 11) is 0. The summed E-state index contributed by atoms with van der Waals surface area (Å²) in [6, 6.07) is 4.75. The molecule has 0 unspecified atom stereocenters. The van der Waals surface area contributed by atoms with Gasteiger partial charge in [0.25, 0.3) is 0 Å². The molecule has 1 aromatic carbocycles. The normalized spacial score (nSPS) is 20.0. The molecule has 0 aromatic heterocycles. The fourth-order valence-corrected chi connectivity index (χ4v) is 2.98. The first-order valence-electron chi connectivity index (χ1n) is 7.40. The van der Waals surface area contributed by atoms with Crippen molar-refractivity contribution in [2.24, 2.45) is 0 Å². The second-order valence-electron chi connectivity index (χ2n) is 6.29. The molecule has 0 saturated carbocycles. The van der Waals surface area contributed by atoms with Gasteiger partial charge in [-0.25, -0.2) is 0 Å². The number of hydrogen-bond acceptors (Lipinski definition) is 2. The van der Waals surface area contributed by atoms with Gasteiger partial charge < -0.3 is 0 Å². The number of aryl methyl sites for hydroxylation is 1. The fraction of sp³-hybridized carbons (Fsp3) is 0.562. The SMILES string of the molecule is CCCc1ccccc1[C@H](N1NC(=O)CC1(C)C)C(F)(F)F. The highest BCUT2D eigenvalue weighted by molar-refractivity contribution is 5.79. The van der Waals surface area contributed by atoms with Crippen molar-refractivity contribution in [2.45, 2.75) is 57.8 Å². The second-order valence-corrected chi connectivity index (χ2v) is 6.29. The molecule has 1 amide bonds. The van der Waals surface area contributed by atoms with E-state index < -0.39 is 17.8 Å². The van der Waals surface area contributed by atoms with Crippen LogP contribution in [0.15, 0.2) is 24.3 Å². The zero-order valence-electron chi connectivity index (χ0n) is 13.0. The van der Waals surface area contributed by atoms with Crippen LogP contribution in [0.2, 0.25) is 0 Å². The first-order valence-corrected chi connectivity index (χ1v) is 7.40. The number of hydrogen-bond donors (Lipinski definition) is 1. The molecule has 0 spiro atoms. The topological polar surface area (TPSA) is 32.3 Å². The van der Waals surface area contributed by atoms with Gasteiger partial charge in [0.15, 0.2) is 6.04 Å². The number of alkyl halides is 3. The van der Waals surface area contributed by atoms with E-state index >= 15 is 0 Å². The molecule has 1 N–H and O–H groups in total. The lowest BCUT2D eigenvalue weighted by molar-refractivity contribution is -0.204. The van der Waals surface area contributed by atoms with E-state index in [1.165, 1.54) is 6.07 Å². The summed E-state index contributed by atoms with van der Waals surface area (Å²) in [6.45, 7) is 5.22. The predicted octanol–water partition coefficient (Wildman–Crippen LogP) is 3.76. The second kappa shape index (κ2) is 5.91. The van der Waals surface area contributed by atoms with Crippen LogP contribution < -0.4 is 5.43 Å². The van der Waals surface area contributed by atoms with Crippen molar-refractivity contribution in [2.75, 3.05) is 0 Å². The highest BCUT2D eigenvalue weighted by atomic mass is 19.4. The molecule has 2 rings (SSSR count). The lowest BCUT2D eigenvalue weighted by Gasteiger charge is -2.38. The summed E-state index contributed by atoms with van der Waals surface area (Å²) in [5.41, 5.74) is 2.39. The molecule has 1 aliphatic heterocycles. The van der Waals surface area contributed by atoms with E-state index in [2.05, 4.69) is 5.43 Å². The number of rotatable bonds is 4. The Hall–Kier alpha value is -1.56. The quantitative estimate of drug-likeness (QED) is 0.918. The first kappa shape index (κ1) is 16.8. The van der Waals surface area contributed by atoms with Gasteiger partial charge in [-0.3, -0.25) is 10.2 Å². The van der Waals surface area contributed by atoms with E-state index in [0.717, 1.165) is 11.4 Å². The van der Waals surface area contributed by atoms with Crippen LogP contribution in [0.5, 0.6) is 0 Å². The molecular formula is C16H21F3N2O. The maximum Gasteiger partial charge on any atom is 0.409 e. The van der Waals surface area contributed by atoms with Crippen molar-refractivity contribution in [1.82, 2.24) is 10.4 Å². The molecule has 0 aliphatic carbocycles. The highest BCUT2D eigenvalue weighted by Gasteiger charge is 2.53. The van der Waals surface area contributed by atoms with Crippen molar-refractivity contribution in [3.8, 4) is 0 Å². The van der Waals surface area contributed by atoms with Crippen LogP contribution in [-0.2, 0) is 11.2 Å². The van der Waals surface area contributed by atoms with E-state index in [1.807, 2.05) is 6.92 Å². The molecule has 122 valence electrons. The average Bonchev–Trinajstić information content (AvgIpc) is 2.64. The Morgan fingerprint density at radius 3 is 2.45 bits per heavy atom. The number of nitrogens with zero attached hydrogens (tertiary/aromatic N) is 1. The molecule has 22 heavy (non-hydrogen) atoms. The summed E-state index contributed by atoms with van der Waals surface area (Å²) in [5.74, 6) is -0.382. The third-order valence-corrected chi connectivity index (χ3v) is 3.93. The van der Waals surface area contributed by atoms with Crippen LogP contribution in [0.3, 0.4) is 0 Å². The minimum absolute atomic E-state index is 0.0511. The van der Waals surface area contributed by atoms with Gasteiger partial charge >= 0.3 is 6.18 Å². The molecule has 1 aliphatic rings. The standard InChI is InChI=1S/C16H21F3N2O/c1-4-7-11-8-5-6-9-12(11)14(16(17,18)19)21-15(2,3)10-13(22)20-21/h5-6,8-9,14H,4,7,10H2,1-3H3,(H,20,22)/t14-/m0/s1. The van der Waals surface area contributed by atoms with E-state index in [1.54, 1.807) is 32.0 Å². The third-order valence-electron chi connectivity index (χ3n) is 3.93. The lowest BCUT2D eigenvalue weighted by atomic mass is 9.93. The van der Waals surface area contributed by atoms with Crippen molar-refractivity contribution < 1.29 is 18.0 Å². The number of nitrogens with one attached hydrogen (secondary N) is 1. The van der Waals surface area contributed by atoms with E-state index in [9.17, 15) is 18.0 Å². The summed E-state index contributed by atoms with van der Waals surface area (Å²) < 4.78 is 41.3. The van der Waals surface area contributed by atoms with Crippen LogP contribution >= 0.6 is 0 Å². The summed E-state index contributed by atoms with van der Waals surface area (Å²) in [5, 5.41) is 1.06. The van der Waals surface area contributed by atoms with E-state index in [-0.39, 0.29) is 17.9 Å². The van der Waals surface area contributed by atoms with Crippen LogP contribution in [0, 0.1) is 0 Å². The minimum Gasteiger partial charge on any atom is -0.287 e. The van der Waals surface area contributed by atoms with Crippen molar-refractivity contribution in [3.63, 3.8) is 0 Å². The smallest absolute Gasteiger partial charge is 0.287 e. The van der Waals surface area contributed by atoms with Crippen LogP contribution in [0.4, 0.5) is 13.2 Å². The predicted molar refractivity (Wildman–Crippen MR) is 77.9 cm³/mol. The average molecular weight is 314 g/mol. The van der Waals surface area contributed by atoms with Gasteiger partial charge in [-0.05, 0) is 31.4 Å². The van der Waals surface area contributed by atoms with Gasteiger partial charge in [-0.15, -0.1) is 0 Å². The van der Waals surface area contributed by atoms with Gasteiger partial charge in [0, 0.05) is 12.0 Å². The Morgan fingerprint density at radius 2 is 1.95 bits per heavy atom. The summed E-state index contributed by atoms with van der Waals surface area (Å²) >= 11 is 0. The third kappa shape index (κ3) is 3.27. The van der Waals surface area contributed by atoms with Crippen molar-refractivity contribution in [3.05, 3.63) is 35.4 Å². The summed E-state index contributed by atoms with van der Waals surface area (Å²) in [6.07, 6.45) is -3.09. The summed E-state index contributed by atoms with van der Waals surface area (Å²) in [4.78, 5) is 11.6. The molecule has 1 heterocycles. The minimum atomic E-state index is -4.47. The lowest BCUT2D eigenvalue weighted by Crippen LogP contribution is -2.51. The molecule has 1 saturated heterocycles. The van der Waals surface area contributed by atoms with Crippen LogP contribution in [0.1, 0.15) is 50.8 Å². The van der Waals surface area contributed by atoms with Gasteiger partial charge in [-0.2, -0.15) is 18.2 Å². The molecule has 3 nitrogen and oxygen atoms in total. The van der Waals surface area contributed by atoms with Crippen molar-refractivity contribution >= 4 is 5.91 Å². The maximum absolute atomic E-state index is 13.8. The first-order chi connectivity index (χ1) is 10.2. The largest absolute Gasteiger partial charge is 0.409 e. The molecule has 1 atom stereocenters. The maximum atomic E-state index is 13.8. The van der Waals surface area contributed by atoms with Gasteiger partial charge in [0.1, 0.15) is 0 Å². The number of carbonyl (C=O) groups excluding carboxylic acids is 1. The van der Waals surface area contributed by atoms with Crippen LogP contribution in [0.25, 0.3) is 0 Å². The molecular weight excluding hydrogens is 293 g/mol. The number of benzene rings is 1. The monoisotopic (exact) mass is 314 g/mol. The number of hydrazine groups is 1. The fourth-order valence-electron chi connectivity index (χ4n) is 2.98. The Bertz CT molecular complexity index is 555. The van der Waals surface area contributed by atoms with Crippen LogP contribution in [-0.4, -0.2) is 22.6 Å². The Kier molecular flexibility index (Phi) is 4.52. The highest BCUT2D eigenvalue weighted by Crippen LogP contribution is 2.43. The molecule has 6 heteroatoms. The number of halogens is 3. The molecule has 1 aromatic rings. The Morgan fingerprint density at radius 1 is 1.32 bits per heavy atom. The number of amides is 1. The Labute approximate surface area is 128 Å². The van der Waals surface area contributed by atoms with Crippen molar-refractivity contribution in [1.29, 1.82) is 0 Å². The zero-order chi connectivity index (χ0) is 16.5. The van der Waals surface area contributed by atoms with E-state index in [4.69, 9.17) is 0 Å². The zero-order valence-corrected chi connectivity index (χ0v) is 13.0. The Balaban J connectivity index is 2.51. The van der Waals surface area contributed by atoms with Gasteiger partial charge in [-0.1, -0.05) is 37.6 Å². The molecule has 1 fully saturated rings. The van der Waals surface area contributed by atoms with E-state index in [0.29, 0.717) is 12.0 Å².